The van der Waals surface area contributed by atoms with E-state index < -0.39 is 6.11 Å². The summed E-state index contributed by atoms with van der Waals surface area (Å²) in [5.41, 5.74) is 2.05. The van der Waals surface area contributed by atoms with Gasteiger partial charge in [-0.2, -0.15) is 8.78 Å². The van der Waals surface area contributed by atoms with E-state index >= 15 is 0 Å². The number of allylic oxidation sites excluding steroid dienone is 1. The summed E-state index contributed by atoms with van der Waals surface area (Å²) in [6.07, 6.45) is 6.98. The third-order valence-corrected chi connectivity index (χ3v) is 5.28. The summed E-state index contributed by atoms with van der Waals surface area (Å²) in [5, 5.41) is 0. The molecule has 0 amide bonds. The van der Waals surface area contributed by atoms with E-state index in [1.54, 1.807) is 0 Å². The van der Waals surface area contributed by atoms with Crippen molar-refractivity contribution in [1.82, 2.24) is 0 Å². The monoisotopic (exact) mass is 350 g/mol. The van der Waals surface area contributed by atoms with Gasteiger partial charge < -0.3 is 4.74 Å². The van der Waals surface area contributed by atoms with Gasteiger partial charge in [0.2, 0.25) is 0 Å². The summed E-state index contributed by atoms with van der Waals surface area (Å²) in [7, 11) is 0. The molecule has 1 nitrogen and oxygen atoms in total. The van der Waals surface area contributed by atoms with Gasteiger partial charge in [-0.15, -0.1) is 6.58 Å². The second kappa shape index (κ2) is 10.1. The molecular weight excluding hydrogens is 318 g/mol. The van der Waals surface area contributed by atoms with Crippen LogP contribution in [0.1, 0.15) is 69.4 Å². The van der Waals surface area contributed by atoms with Crippen molar-refractivity contribution >= 4 is 0 Å². The molecule has 0 heterocycles. The molecule has 0 aromatic heterocycles. The number of halogens is 2. The number of aryl methyl sites for hydroxylation is 1. The highest BCUT2D eigenvalue weighted by Crippen LogP contribution is 2.38. The Morgan fingerprint density at radius 1 is 1.08 bits per heavy atom. The van der Waals surface area contributed by atoms with Crippen molar-refractivity contribution in [1.29, 1.82) is 0 Å². The van der Waals surface area contributed by atoms with Gasteiger partial charge in [0.05, 0.1) is 6.61 Å². The summed E-state index contributed by atoms with van der Waals surface area (Å²) in [5.74, 6) is 0.771. The van der Waals surface area contributed by atoms with Crippen molar-refractivity contribution in [2.24, 2.45) is 11.8 Å². The molecule has 1 aliphatic carbocycles. The minimum Gasteiger partial charge on any atom is -0.316 e. The van der Waals surface area contributed by atoms with Crippen molar-refractivity contribution in [3.05, 3.63) is 48.0 Å². The van der Waals surface area contributed by atoms with Gasteiger partial charge in [-0.3, -0.25) is 0 Å². The third-order valence-electron chi connectivity index (χ3n) is 5.28. The van der Waals surface area contributed by atoms with Gasteiger partial charge in [0.25, 0.3) is 0 Å². The quantitative estimate of drug-likeness (QED) is 0.416. The Hall–Kier alpha value is -1.22. The topological polar surface area (TPSA) is 9.23 Å². The van der Waals surface area contributed by atoms with Crippen molar-refractivity contribution in [3.8, 4) is 0 Å². The van der Waals surface area contributed by atoms with Crippen LogP contribution in [-0.4, -0.2) is 6.11 Å². The number of hydrogen-bond donors (Lipinski definition) is 0. The van der Waals surface area contributed by atoms with E-state index in [1.165, 1.54) is 5.56 Å². The van der Waals surface area contributed by atoms with Gasteiger partial charge in [0.15, 0.2) is 0 Å². The molecule has 0 N–H and O–H groups in total. The fourth-order valence-corrected chi connectivity index (χ4v) is 3.75. The third kappa shape index (κ3) is 7.27. The van der Waals surface area contributed by atoms with Gasteiger partial charge in [0.1, 0.15) is 0 Å². The molecule has 0 aliphatic heterocycles. The number of rotatable bonds is 10. The summed E-state index contributed by atoms with van der Waals surface area (Å²) in [6, 6.07) is 7.80. The molecule has 25 heavy (non-hydrogen) atoms. The predicted octanol–water partition coefficient (Wildman–Crippen LogP) is 6.91. The standard InChI is InChI=1S/C22H32F2O/c1-3-5-7-19-8-12-20(13-9-19)16-22(23,24)25-17-21-14-10-18(6-4-2)11-15-21/h3,10-11,14-15,19-20H,1,4-9,12-13,16-17H2,2H3/t19-,20-. The largest absolute Gasteiger partial charge is 0.356 e. The highest BCUT2D eigenvalue weighted by molar-refractivity contribution is 5.22. The molecule has 1 aromatic carbocycles. The summed E-state index contributed by atoms with van der Waals surface area (Å²) in [4.78, 5) is 0. The van der Waals surface area contributed by atoms with Gasteiger partial charge in [-0.1, -0.05) is 56.5 Å². The van der Waals surface area contributed by atoms with E-state index in [4.69, 9.17) is 4.74 Å². The van der Waals surface area contributed by atoms with Crippen molar-refractivity contribution in [2.45, 2.75) is 77.4 Å². The Kier molecular flexibility index (Phi) is 8.08. The first kappa shape index (κ1) is 20.1. The molecule has 1 aliphatic rings. The zero-order valence-corrected chi connectivity index (χ0v) is 15.5. The molecule has 0 unspecified atom stereocenters. The Morgan fingerprint density at radius 2 is 1.68 bits per heavy atom. The van der Waals surface area contributed by atoms with Gasteiger partial charge in [-0.05, 0) is 55.1 Å². The van der Waals surface area contributed by atoms with E-state index in [0.717, 1.165) is 56.9 Å². The lowest BCUT2D eigenvalue weighted by atomic mass is 9.78. The van der Waals surface area contributed by atoms with E-state index in [9.17, 15) is 8.78 Å². The van der Waals surface area contributed by atoms with Crippen molar-refractivity contribution in [3.63, 3.8) is 0 Å². The number of benzene rings is 1. The minimum atomic E-state index is -3.03. The Labute approximate surface area is 151 Å². The van der Waals surface area contributed by atoms with Crippen molar-refractivity contribution in [2.75, 3.05) is 0 Å². The van der Waals surface area contributed by atoms with Crippen LogP contribution in [0.5, 0.6) is 0 Å². The smallest absolute Gasteiger partial charge is 0.316 e. The Morgan fingerprint density at radius 3 is 2.28 bits per heavy atom. The van der Waals surface area contributed by atoms with Crippen LogP contribution >= 0.6 is 0 Å². The molecule has 0 radical (unpaired) electrons. The number of hydrogen-bond acceptors (Lipinski definition) is 1. The first-order valence-corrected chi connectivity index (χ1v) is 9.73. The van der Waals surface area contributed by atoms with Crippen molar-refractivity contribution < 1.29 is 13.5 Å². The lowest BCUT2D eigenvalue weighted by Gasteiger charge is -2.30. The van der Waals surface area contributed by atoms with Gasteiger partial charge in [0, 0.05) is 6.42 Å². The molecule has 1 fully saturated rings. The molecule has 0 saturated heterocycles. The van der Waals surface area contributed by atoms with Crippen LogP contribution in [0.25, 0.3) is 0 Å². The van der Waals surface area contributed by atoms with Crippen LogP contribution in [0.15, 0.2) is 36.9 Å². The first-order chi connectivity index (χ1) is 12.0. The van der Waals surface area contributed by atoms with Crippen LogP contribution < -0.4 is 0 Å². The van der Waals surface area contributed by atoms with Gasteiger partial charge >= 0.3 is 6.11 Å². The summed E-state index contributed by atoms with van der Waals surface area (Å²) < 4.78 is 33.3. The highest BCUT2D eigenvalue weighted by atomic mass is 19.3. The fraction of sp³-hybridized carbons (Fsp3) is 0.636. The maximum absolute atomic E-state index is 14.2. The molecule has 0 bridgehead atoms. The maximum Gasteiger partial charge on any atom is 0.356 e. The average molecular weight is 350 g/mol. The zero-order chi connectivity index (χ0) is 18.1. The Balaban J connectivity index is 1.73. The number of alkyl halides is 2. The normalized spacial score (nSPS) is 21.2. The van der Waals surface area contributed by atoms with Crippen LogP contribution in [0.4, 0.5) is 8.78 Å². The van der Waals surface area contributed by atoms with Crippen LogP contribution in [0, 0.1) is 11.8 Å². The molecule has 140 valence electrons. The lowest BCUT2D eigenvalue weighted by molar-refractivity contribution is -0.256. The molecule has 1 aromatic rings. The van der Waals surface area contributed by atoms with Crippen LogP contribution in [0.2, 0.25) is 0 Å². The molecule has 1 saturated carbocycles. The first-order valence-electron chi connectivity index (χ1n) is 9.73. The van der Waals surface area contributed by atoms with E-state index in [0.29, 0.717) is 5.92 Å². The molecule has 0 spiro atoms. The molecule has 0 atom stereocenters. The fourth-order valence-electron chi connectivity index (χ4n) is 3.75. The number of ether oxygens (including phenoxy) is 1. The predicted molar refractivity (Wildman–Crippen MR) is 99.7 cm³/mol. The average Bonchev–Trinajstić information content (AvgIpc) is 2.61. The van der Waals surface area contributed by atoms with E-state index in [-0.39, 0.29) is 18.9 Å². The highest BCUT2D eigenvalue weighted by Gasteiger charge is 2.35. The maximum atomic E-state index is 14.2. The van der Waals surface area contributed by atoms with Crippen LogP contribution in [-0.2, 0) is 17.8 Å². The minimum absolute atomic E-state index is 0.0198. The van der Waals surface area contributed by atoms with Gasteiger partial charge in [-0.25, -0.2) is 0 Å². The van der Waals surface area contributed by atoms with E-state index in [1.807, 2.05) is 30.3 Å². The Bertz CT molecular complexity index is 501. The summed E-state index contributed by atoms with van der Waals surface area (Å²) >= 11 is 0. The second-order valence-electron chi connectivity index (χ2n) is 7.45. The molecule has 3 heteroatoms. The zero-order valence-electron chi connectivity index (χ0n) is 15.5. The van der Waals surface area contributed by atoms with E-state index in [2.05, 4.69) is 13.5 Å². The lowest BCUT2D eigenvalue weighted by Crippen LogP contribution is -2.27. The molecular formula is C22H32F2O. The summed E-state index contributed by atoms with van der Waals surface area (Å²) in [6.45, 7) is 5.86. The SMILES string of the molecule is C=CCC[C@H]1CC[C@H](CC(F)(F)OCc2ccc(CCC)cc2)CC1. The van der Waals surface area contributed by atoms with Crippen LogP contribution in [0.3, 0.4) is 0 Å². The molecule has 2 rings (SSSR count). The second-order valence-corrected chi connectivity index (χ2v) is 7.45.